The van der Waals surface area contributed by atoms with E-state index in [9.17, 15) is 9.59 Å². The van der Waals surface area contributed by atoms with Crippen molar-refractivity contribution in [2.24, 2.45) is 24.1 Å². The monoisotopic (exact) mass is 636 g/mol. The van der Waals surface area contributed by atoms with E-state index in [1.807, 2.05) is 155 Å². The van der Waals surface area contributed by atoms with Crippen LogP contribution in [-0.4, -0.2) is 30.9 Å². The summed E-state index contributed by atoms with van der Waals surface area (Å²) in [6.45, 7) is 1.09. The summed E-state index contributed by atoms with van der Waals surface area (Å²) >= 11 is 0. The number of hydrogen-bond donors (Lipinski definition) is 0. The zero-order chi connectivity index (χ0) is 33.3. The Morgan fingerprint density at radius 3 is 1.31 bits per heavy atom. The van der Waals surface area contributed by atoms with Crippen molar-refractivity contribution in [3.05, 3.63) is 145 Å². The molecule has 6 aromatic heterocycles. The fourth-order valence-corrected chi connectivity index (χ4v) is 5.08. The molecule has 0 bridgehead atoms. The van der Waals surface area contributed by atoms with Crippen molar-refractivity contribution in [1.82, 2.24) is 19.1 Å². The maximum absolute atomic E-state index is 12.4. The van der Waals surface area contributed by atoms with Gasteiger partial charge in [-0.3, -0.25) is 19.6 Å². The van der Waals surface area contributed by atoms with Gasteiger partial charge in [0.2, 0.25) is 0 Å². The molecule has 0 saturated carbocycles. The summed E-state index contributed by atoms with van der Waals surface area (Å²) in [7, 11) is 3.85. The molecule has 10 nitrogen and oxygen atoms in total. The van der Waals surface area contributed by atoms with Gasteiger partial charge < -0.3 is 9.13 Å². The van der Waals surface area contributed by atoms with Crippen molar-refractivity contribution in [1.29, 1.82) is 0 Å². The first-order chi connectivity index (χ1) is 23.4. The largest absolute Gasteiger partial charge is 0.357 e. The van der Waals surface area contributed by atoms with Crippen LogP contribution in [0.3, 0.4) is 0 Å². The van der Waals surface area contributed by atoms with Crippen LogP contribution in [0, 0.1) is 0 Å². The third kappa shape index (κ3) is 8.55. The zero-order valence-electron chi connectivity index (χ0n) is 26.9. The number of nitrogens with zero attached hydrogens (tertiary/aromatic N) is 8. The van der Waals surface area contributed by atoms with Crippen LogP contribution >= 0.6 is 0 Å². The molecule has 0 aliphatic heterocycles. The number of carbonyl (C=O) groups excluding carboxylic acids is 2. The minimum absolute atomic E-state index is 0.152. The molecule has 0 radical (unpaired) electrons. The zero-order valence-corrected chi connectivity index (χ0v) is 26.9. The molecule has 0 aliphatic carbocycles. The molecule has 0 atom stereocenters. The molecule has 0 spiro atoms. The van der Waals surface area contributed by atoms with E-state index in [0.29, 0.717) is 36.6 Å². The van der Waals surface area contributed by atoms with Gasteiger partial charge in [0.1, 0.15) is 0 Å². The molecular formula is C38H36N8O2+2. The van der Waals surface area contributed by atoms with Crippen LogP contribution < -0.4 is 19.8 Å². The van der Waals surface area contributed by atoms with Crippen LogP contribution in [0.1, 0.15) is 12.8 Å². The topological polar surface area (TPSA) is 102 Å². The van der Waals surface area contributed by atoms with Gasteiger partial charge in [-0.2, -0.15) is 0 Å². The SMILES string of the molecule is Cn1ccc(=NC(=O)CC[n+]2ccc(-c3ccnc(-c4cc(-c5cc[n+](CCC(=O)N=c6ccn(C)cc6)cc5)ccn4)c3)cc2)cc1. The van der Waals surface area contributed by atoms with Crippen LogP contribution in [0.4, 0.5) is 0 Å². The van der Waals surface area contributed by atoms with Crippen LogP contribution in [0.5, 0.6) is 0 Å². The molecule has 6 rings (SSSR count). The Bertz CT molecular complexity index is 2000. The fraction of sp³-hybridized carbons (Fsp3) is 0.158. The number of pyridine rings is 6. The molecule has 48 heavy (non-hydrogen) atoms. The lowest BCUT2D eigenvalue weighted by Crippen LogP contribution is -2.33. The van der Waals surface area contributed by atoms with E-state index in [0.717, 1.165) is 33.6 Å². The number of rotatable bonds is 9. The van der Waals surface area contributed by atoms with Crippen molar-refractivity contribution in [2.45, 2.75) is 25.9 Å². The van der Waals surface area contributed by atoms with Gasteiger partial charge in [-0.1, -0.05) is 0 Å². The lowest BCUT2D eigenvalue weighted by atomic mass is 10.0. The highest BCUT2D eigenvalue weighted by molar-refractivity contribution is 5.77. The van der Waals surface area contributed by atoms with Gasteiger partial charge in [-0.25, -0.2) is 19.1 Å². The Morgan fingerprint density at radius 1 is 0.562 bits per heavy atom. The first kappa shape index (κ1) is 31.8. The highest BCUT2D eigenvalue weighted by atomic mass is 16.1. The number of aromatic nitrogens is 6. The van der Waals surface area contributed by atoms with Gasteiger partial charge in [0.15, 0.2) is 37.9 Å². The van der Waals surface area contributed by atoms with E-state index in [1.54, 1.807) is 12.4 Å². The number of carbonyl (C=O) groups is 2. The molecule has 6 heterocycles. The molecule has 0 N–H and O–H groups in total. The molecule has 10 heteroatoms. The molecule has 0 aliphatic rings. The summed E-state index contributed by atoms with van der Waals surface area (Å²) in [5.74, 6) is -0.305. The summed E-state index contributed by atoms with van der Waals surface area (Å²) in [6, 6.07) is 23.4. The molecule has 6 aromatic rings. The third-order valence-electron chi connectivity index (χ3n) is 7.83. The Hall–Kier alpha value is -6.16. The van der Waals surface area contributed by atoms with E-state index < -0.39 is 0 Å². The molecule has 238 valence electrons. The Balaban J connectivity index is 1.08. The van der Waals surface area contributed by atoms with Crippen molar-refractivity contribution in [3.8, 4) is 33.6 Å². The fourth-order valence-electron chi connectivity index (χ4n) is 5.08. The first-order valence-corrected chi connectivity index (χ1v) is 15.7. The lowest BCUT2D eigenvalue weighted by Gasteiger charge is -2.07. The second-order valence-electron chi connectivity index (χ2n) is 11.5. The second-order valence-corrected chi connectivity index (χ2v) is 11.5. The van der Waals surface area contributed by atoms with Crippen molar-refractivity contribution < 1.29 is 18.7 Å². The van der Waals surface area contributed by atoms with E-state index in [-0.39, 0.29) is 11.8 Å². The maximum Gasteiger partial charge on any atom is 0.252 e. The van der Waals surface area contributed by atoms with Crippen LogP contribution in [0.15, 0.2) is 145 Å². The lowest BCUT2D eigenvalue weighted by molar-refractivity contribution is -0.695. The van der Waals surface area contributed by atoms with Crippen LogP contribution in [0.2, 0.25) is 0 Å². The van der Waals surface area contributed by atoms with Crippen molar-refractivity contribution >= 4 is 11.8 Å². The standard InChI is InChI=1S/C38H36N8O2/c1-43-17-9-33(10-18-43)41-37(47)13-25-45-21-5-29(6-22-45)31-3-15-39-35(27-31)36-28-32(4-16-40-36)30-7-23-46(24-8-30)26-14-38(48)42-34-11-19-44(2)20-12-34/h3-12,15-24,27-28H,13-14,25-26H2,1-2H3/q+2. The maximum atomic E-state index is 12.4. The van der Waals surface area contributed by atoms with Crippen molar-refractivity contribution in [2.75, 3.05) is 0 Å². The smallest absolute Gasteiger partial charge is 0.252 e. The van der Waals surface area contributed by atoms with Crippen LogP contribution in [0.25, 0.3) is 33.6 Å². The van der Waals surface area contributed by atoms with Gasteiger partial charge in [-0.05, 0) is 70.8 Å². The predicted octanol–water partition coefficient (Wildman–Crippen LogP) is 3.76. The molecule has 0 unspecified atom stereocenters. The highest BCUT2D eigenvalue weighted by Gasteiger charge is 2.11. The molecular weight excluding hydrogens is 600 g/mol. The van der Waals surface area contributed by atoms with E-state index in [1.165, 1.54) is 0 Å². The van der Waals surface area contributed by atoms with Gasteiger partial charge in [-0.15, -0.1) is 0 Å². The van der Waals surface area contributed by atoms with Gasteiger partial charge in [0, 0.05) is 75.5 Å². The minimum atomic E-state index is -0.152. The Labute approximate surface area is 278 Å². The second kappa shape index (κ2) is 15.0. The molecule has 2 amide bonds. The van der Waals surface area contributed by atoms with E-state index in [2.05, 4.69) is 20.0 Å². The Morgan fingerprint density at radius 2 is 0.938 bits per heavy atom. The predicted molar refractivity (Wildman–Crippen MR) is 180 cm³/mol. The average molecular weight is 637 g/mol. The molecule has 0 aromatic carbocycles. The van der Waals surface area contributed by atoms with Gasteiger partial charge in [0.25, 0.3) is 11.8 Å². The van der Waals surface area contributed by atoms with Gasteiger partial charge in [0.05, 0.1) is 34.9 Å². The highest BCUT2D eigenvalue weighted by Crippen LogP contribution is 2.26. The summed E-state index contributed by atoms with van der Waals surface area (Å²) < 4.78 is 7.77. The third-order valence-corrected chi connectivity index (χ3v) is 7.83. The van der Waals surface area contributed by atoms with Crippen molar-refractivity contribution in [3.63, 3.8) is 0 Å². The summed E-state index contributed by atoms with van der Waals surface area (Å²) in [5, 5.41) is 1.32. The minimum Gasteiger partial charge on any atom is -0.357 e. The number of amides is 2. The normalized spacial score (nSPS) is 10.8. The van der Waals surface area contributed by atoms with E-state index >= 15 is 0 Å². The quantitative estimate of drug-likeness (QED) is 0.226. The molecule has 0 fully saturated rings. The number of hydrogen-bond acceptors (Lipinski definition) is 4. The average Bonchev–Trinajstić information content (AvgIpc) is 3.12. The molecule has 0 saturated heterocycles. The Kier molecular flexibility index (Phi) is 9.91. The summed E-state index contributed by atoms with van der Waals surface area (Å²) in [5.41, 5.74) is 5.66. The van der Waals surface area contributed by atoms with Crippen LogP contribution in [-0.2, 0) is 36.8 Å². The van der Waals surface area contributed by atoms with E-state index in [4.69, 9.17) is 0 Å². The summed E-state index contributed by atoms with van der Waals surface area (Å²) in [4.78, 5) is 42.3. The number of aryl methyl sites for hydroxylation is 4. The first-order valence-electron chi connectivity index (χ1n) is 15.7. The van der Waals surface area contributed by atoms with Gasteiger partial charge >= 0.3 is 0 Å². The summed E-state index contributed by atoms with van der Waals surface area (Å²) in [6.07, 6.45) is 19.6.